The molecule has 0 spiro atoms. The van der Waals surface area contributed by atoms with Crippen LogP contribution >= 0.6 is 11.6 Å². The van der Waals surface area contributed by atoms with E-state index in [4.69, 9.17) is 11.6 Å². The largest absolute Gasteiger partial charge is 0.337 e. The minimum atomic E-state index is -0.0150. The van der Waals surface area contributed by atoms with Gasteiger partial charge in [-0.05, 0) is 19.1 Å². The van der Waals surface area contributed by atoms with E-state index in [0.717, 1.165) is 5.69 Å². The number of carbonyl (C=O) groups is 1. The number of hydrogen-bond donors (Lipinski definition) is 0. The number of imidazole rings is 1. The van der Waals surface area contributed by atoms with E-state index in [0.29, 0.717) is 25.2 Å². The zero-order valence-corrected chi connectivity index (χ0v) is 14.0. The molecular formula is C16H17ClN6O. The highest BCUT2D eigenvalue weighted by atomic mass is 35.5. The van der Waals surface area contributed by atoms with Crippen LogP contribution in [0.4, 0.5) is 5.69 Å². The van der Waals surface area contributed by atoms with E-state index in [2.05, 4.69) is 15.1 Å². The minimum absolute atomic E-state index is 0.0150. The second-order valence-electron chi connectivity index (χ2n) is 5.15. The average Bonchev–Trinajstić information content (AvgIpc) is 3.25. The first-order valence-electron chi connectivity index (χ1n) is 7.60. The second kappa shape index (κ2) is 7.27. The van der Waals surface area contributed by atoms with Crippen molar-refractivity contribution in [1.82, 2.24) is 24.3 Å². The number of nitrogens with zero attached hydrogens (tertiary/aromatic N) is 6. The molecule has 0 fully saturated rings. The molecule has 1 amide bonds. The zero-order valence-electron chi connectivity index (χ0n) is 13.2. The van der Waals surface area contributed by atoms with E-state index in [9.17, 15) is 4.79 Å². The maximum Gasteiger partial charge on any atom is 0.228 e. The molecule has 0 unspecified atom stereocenters. The van der Waals surface area contributed by atoms with Gasteiger partial charge >= 0.3 is 0 Å². The van der Waals surface area contributed by atoms with Crippen LogP contribution in [0.2, 0.25) is 5.15 Å². The van der Waals surface area contributed by atoms with E-state index >= 15 is 0 Å². The van der Waals surface area contributed by atoms with Crippen molar-refractivity contribution >= 4 is 23.2 Å². The number of carbonyl (C=O) groups excluding carboxylic acids is 1. The predicted molar refractivity (Wildman–Crippen MR) is 91.2 cm³/mol. The molecule has 0 radical (unpaired) electrons. The lowest BCUT2D eigenvalue weighted by Gasteiger charge is -2.19. The standard InChI is InChI=1S/C16H17ClN6O/c1-2-22(15(24)5-8-21-9-7-19-12-21)14-11-23(20-16(14)17)13-4-3-6-18-10-13/h3-4,6-7,9-12H,2,5,8H2,1H3. The van der Waals surface area contributed by atoms with Gasteiger partial charge in [0.2, 0.25) is 5.91 Å². The maximum atomic E-state index is 12.6. The van der Waals surface area contributed by atoms with Crippen molar-refractivity contribution in [3.05, 3.63) is 54.6 Å². The van der Waals surface area contributed by atoms with Crippen molar-refractivity contribution in [1.29, 1.82) is 0 Å². The lowest BCUT2D eigenvalue weighted by atomic mass is 10.3. The normalized spacial score (nSPS) is 10.8. The summed E-state index contributed by atoms with van der Waals surface area (Å²) >= 11 is 6.25. The zero-order chi connectivity index (χ0) is 16.9. The van der Waals surface area contributed by atoms with Gasteiger partial charge in [0.1, 0.15) is 5.69 Å². The fourth-order valence-electron chi connectivity index (χ4n) is 2.41. The smallest absolute Gasteiger partial charge is 0.228 e. The predicted octanol–water partition coefficient (Wildman–Crippen LogP) is 2.56. The third-order valence-corrected chi connectivity index (χ3v) is 3.88. The number of pyridine rings is 1. The molecule has 3 rings (SSSR count). The summed E-state index contributed by atoms with van der Waals surface area (Å²) in [6.45, 7) is 3.00. The van der Waals surface area contributed by atoms with Crippen LogP contribution < -0.4 is 4.90 Å². The SMILES string of the molecule is CCN(C(=O)CCn1ccnc1)c1cn(-c2cccnc2)nc1Cl. The first-order valence-corrected chi connectivity index (χ1v) is 7.98. The molecule has 0 atom stereocenters. The molecule has 3 aromatic rings. The second-order valence-corrected chi connectivity index (χ2v) is 5.51. The molecule has 0 aliphatic carbocycles. The summed E-state index contributed by atoms with van der Waals surface area (Å²) in [5, 5.41) is 4.56. The fraction of sp³-hybridized carbons (Fsp3) is 0.250. The Kier molecular flexibility index (Phi) is 4.90. The molecule has 0 saturated carbocycles. The average molecular weight is 345 g/mol. The molecule has 0 saturated heterocycles. The van der Waals surface area contributed by atoms with Crippen molar-refractivity contribution in [3.8, 4) is 5.69 Å². The first kappa shape index (κ1) is 16.2. The van der Waals surface area contributed by atoms with Crippen LogP contribution in [0.25, 0.3) is 5.69 Å². The van der Waals surface area contributed by atoms with E-state index < -0.39 is 0 Å². The van der Waals surface area contributed by atoms with Crippen LogP contribution in [0.15, 0.2) is 49.4 Å². The summed E-state index contributed by atoms with van der Waals surface area (Å²) in [5.41, 5.74) is 1.38. The summed E-state index contributed by atoms with van der Waals surface area (Å²) < 4.78 is 3.49. The van der Waals surface area contributed by atoms with Crippen LogP contribution in [0.1, 0.15) is 13.3 Å². The van der Waals surface area contributed by atoms with Crippen molar-refractivity contribution < 1.29 is 4.79 Å². The number of amides is 1. The fourth-order valence-corrected chi connectivity index (χ4v) is 2.64. The first-order chi connectivity index (χ1) is 11.7. The molecule has 24 heavy (non-hydrogen) atoms. The van der Waals surface area contributed by atoms with Gasteiger partial charge in [-0.15, -0.1) is 0 Å². The Morgan fingerprint density at radius 2 is 2.21 bits per heavy atom. The number of aryl methyl sites for hydroxylation is 1. The van der Waals surface area contributed by atoms with Gasteiger partial charge in [-0.1, -0.05) is 11.6 Å². The van der Waals surface area contributed by atoms with Gasteiger partial charge in [0, 0.05) is 38.1 Å². The van der Waals surface area contributed by atoms with Gasteiger partial charge in [-0.3, -0.25) is 9.78 Å². The Bertz CT molecular complexity index is 799. The number of halogens is 1. The summed E-state index contributed by atoms with van der Waals surface area (Å²) in [5.74, 6) is -0.0150. The van der Waals surface area contributed by atoms with Crippen LogP contribution in [-0.2, 0) is 11.3 Å². The van der Waals surface area contributed by atoms with E-state index in [-0.39, 0.29) is 11.1 Å². The molecule has 3 heterocycles. The molecule has 0 aliphatic heterocycles. The van der Waals surface area contributed by atoms with Gasteiger partial charge in [-0.2, -0.15) is 5.10 Å². The van der Waals surface area contributed by atoms with Gasteiger partial charge in [-0.25, -0.2) is 9.67 Å². The van der Waals surface area contributed by atoms with Crippen molar-refractivity contribution in [2.75, 3.05) is 11.4 Å². The van der Waals surface area contributed by atoms with Gasteiger partial charge < -0.3 is 9.47 Å². The summed E-state index contributed by atoms with van der Waals surface area (Å²) in [7, 11) is 0. The Labute approximate surface area is 144 Å². The summed E-state index contributed by atoms with van der Waals surface area (Å²) in [6, 6.07) is 3.69. The Hall–Kier alpha value is -2.67. The quantitative estimate of drug-likeness (QED) is 0.689. The number of rotatable bonds is 6. The summed E-state index contributed by atoms with van der Waals surface area (Å²) in [4.78, 5) is 22.2. The van der Waals surface area contributed by atoms with Crippen LogP contribution in [-0.4, -0.2) is 36.8 Å². The van der Waals surface area contributed by atoms with Crippen molar-refractivity contribution in [2.45, 2.75) is 19.9 Å². The third-order valence-electron chi connectivity index (χ3n) is 3.61. The molecule has 3 aromatic heterocycles. The van der Waals surface area contributed by atoms with Crippen molar-refractivity contribution in [3.63, 3.8) is 0 Å². The Morgan fingerprint density at radius 3 is 2.88 bits per heavy atom. The monoisotopic (exact) mass is 344 g/mol. The topological polar surface area (TPSA) is 68.8 Å². The highest BCUT2D eigenvalue weighted by Crippen LogP contribution is 2.26. The molecule has 0 aliphatic rings. The van der Waals surface area contributed by atoms with Gasteiger partial charge in [0.25, 0.3) is 0 Å². The highest BCUT2D eigenvalue weighted by Gasteiger charge is 2.20. The Balaban J connectivity index is 1.77. The van der Waals surface area contributed by atoms with E-state index in [1.165, 1.54) is 0 Å². The van der Waals surface area contributed by atoms with Crippen molar-refractivity contribution in [2.24, 2.45) is 0 Å². The van der Waals surface area contributed by atoms with Gasteiger partial charge in [0.15, 0.2) is 5.15 Å². The summed E-state index contributed by atoms with van der Waals surface area (Å²) in [6.07, 6.45) is 10.7. The van der Waals surface area contributed by atoms with Crippen LogP contribution in [0, 0.1) is 0 Å². The molecule has 0 bridgehead atoms. The molecule has 0 N–H and O–H groups in total. The van der Waals surface area contributed by atoms with Crippen LogP contribution in [0.5, 0.6) is 0 Å². The molecule has 8 heteroatoms. The lowest BCUT2D eigenvalue weighted by molar-refractivity contribution is -0.118. The lowest BCUT2D eigenvalue weighted by Crippen LogP contribution is -2.31. The molecule has 124 valence electrons. The number of anilines is 1. The number of aromatic nitrogens is 5. The maximum absolute atomic E-state index is 12.6. The van der Waals surface area contributed by atoms with Gasteiger partial charge in [0.05, 0.1) is 24.4 Å². The Morgan fingerprint density at radius 1 is 1.33 bits per heavy atom. The number of hydrogen-bond acceptors (Lipinski definition) is 4. The van der Waals surface area contributed by atoms with E-state index in [1.54, 1.807) is 40.7 Å². The third kappa shape index (κ3) is 3.46. The van der Waals surface area contributed by atoms with Crippen LogP contribution in [0.3, 0.4) is 0 Å². The molecule has 7 nitrogen and oxygen atoms in total. The van der Waals surface area contributed by atoms with E-state index in [1.807, 2.05) is 29.8 Å². The minimum Gasteiger partial charge on any atom is -0.337 e. The molecule has 0 aromatic carbocycles. The molecular weight excluding hydrogens is 328 g/mol. The highest BCUT2D eigenvalue weighted by molar-refractivity contribution is 6.32.